The van der Waals surface area contributed by atoms with Crippen LogP contribution in [0.2, 0.25) is 0 Å². The summed E-state index contributed by atoms with van der Waals surface area (Å²) >= 11 is 0. The molecule has 27 heavy (non-hydrogen) atoms. The van der Waals surface area contributed by atoms with Gasteiger partial charge in [0.2, 0.25) is 0 Å². The molecule has 0 bridgehead atoms. The normalized spacial score (nSPS) is 19.4. The van der Waals surface area contributed by atoms with E-state index in [0.717, 1.165) is 43.1 Å². The Morgan fingerprint density at radius 2 is 1.70 bits per heavy atom. The van der Waals surface area contributed by atoms with Crippen LogP contribution in [0.1, 0.15) is 56.6 Å². The first-order valence-corrected chi connectivity index (χ1v) is 10.1. The van der Waals surface area contributed by atoms with E-state index in [1.165, 1.54) is 17.2 Å². The van der Waals surface area contributed by atoms with Crippen molar-refractivity contribution in [1.29, 1.82) is 0 Å². The van der Waals surface area contributed by atoms with Gasteiger partial charge in [-0.15, -0.1) is 0 Å². The average Bonchev–Trinajstić information content (AvgIpc) is 2.74. The summed E-state index contributed by atoms with van der Waals surface area (Å²) in [4.78, 5) is 4.38. The van der Waals surface area contributed by atoms with Gasteiger partial charge in [-0.1, -0.05) is 44.2 Å². The molecule has 0 radical (unpaired) electrons. The quantitative estimate of drug-likeness (QED) is 0.595. The Morgan fingerprint density at radius 1 is 0.963 bits per heavy atom. The minimum atomic E-state index is -0.181. The third-order valence-corrected chi connectivity index (χ3v) is 5.34. The second-order valence-electron chi connectivity index (χ2n) is 6.98. The summed E-state index contributed by atoms with van der Waals surface area (Å²) in [6.07, 6.45) is 6.47. The molecule has 0 unspecified atom stereocenters. The smallest absolute Gasteiger partial charge is 0.123 e. The lowest BCUT2D eigenvalue weighted by molar-refractivity contribution is 0.342. The average molecular weight is 365 g/mol. The van der Waals surface area contributed by atoms with Gasteiger partial charge in [0, 0.05) is 24.2 Å². The van der Waals surface area contributed by atoms with Crippen LogP contribution in [0.3, 0.4) is 0 Å². The van der Waals surface area contributed by atoms with Crippen LogP contribution in [0.4, 0.5) is 4.39 Å². The largest absolute Gasteiger partial charge is 0.310 e. The number of benzene rings is 2. The first-order chi connectivity index (χ1) is 13.3. The van der Waals surface area contributed by atoms with E-state index in [0.29, 0.717) is 12.0 Å². The molecule has 3 aromatic rings. The SMILES string of the molecule is CC.Fc1ccc2nccc(C3CCC(NCc4ccccc4)CC3)c2c1. The van der Waals surface area contributed by atoms with E-state index in [4.69, 9.17) is 0 Å². The van der Waals surface area contributed by atoms with Gasteiger partial charge in [0.05, 0.1) is 5.52 Å². The Balaban J connectivity index is 0.00000102. The van der Waals surface area contributed by atoms with E-state index >= 15 is 0 Å². The fourth-order valence-electron chi connectivity index (χ4n) is 3.96. The minimum Gasteiger partial charge on any atom is -0.310 e. The Morgan fingerprint density at radius 3 is 2.44 bits per heavy atom. The van der Waals surface area contributed by atoms with Crippen LogP contribution in [0.15, 0.2) is 60.8 Å². The van der Waals surface area contributed by atoms with Gasteiger partial charge in [-0.3, -0.25) is 4.98 Å². The van der Waals surface area contributed by atoms with Crippen molar-refractivity contribution >= 4 is 10.9 Å². The molecule has 1 heterocycles. The van der Waals surface area contributed by atoms with Gasteiger partial charge in [-0.2, -0.15) is 0 Å². The third-order valence-electron chi connectivity index (χ3n) is 5.34. The second kappa shape index (κ2) is 9.61. The van der Waals surface area contributed by atoms with Crippen molar-refractivity contribution in [3.63, 3.8) is 0 Å². The Bertz CT molecular complexity index is 839. The predicted octanol–water partition coefficient (Wildman–Crippen LogP) is 6.22. The van der Waals surface area contributed by atoms with Gasteiger partial charge in [0.15, 0.2) is 0 Å². The highest BCUT2D eigenvalue weighted by atomic mass is 19.1. The van der Waals surface area contributed by atoms with E-state index < -0.39 is 0 Å². The molecule has 0 aliphatic heterocycles. The first kappa shape index (κ1) is 19.5. The maximum absolute atomic E-state index is 13.7. The first-order valence-electron chi connectivity index (χ1n) is 10.1. The highest BCUT2D eigenvalue weighted by Crippen LogP contribution is 2.36. The highest BCUT2D eigenvalue weighted by Gasteiger charge is 2.23. The number of rotatable bonds is 4. The summed E-state index contributed by atoms with van der Waals surface area (Å²) in [5, 5.41) is 4.66. The van der Waals surface area contributed by atoms with E-state index in [9.17, 15) is 4.39 Å². The fraction of sp³-hybridized carbons (Fsp3) is 0.375. The number of nitrogens with one attached hydrogen (secondary N) is 1. The molecular formula is C24H29FN2. The number of hydrogen-bond acceptors (Lipinski definition) is 2. The number of pyridine rings is 1. The summed E-state index contributed by atoms with van der Waals surface area (Å²) < 4.78 is 13.7. The summed E-state index contributed by atoms with van der Waals surface area (Å²) in [7, 11) is 0. The zero-order valence-corrected chi connectivity index (χ0v) is 16.3. The molecular weight excluding hydrogens is 335 g/mol. The van der Waals surface area contributed by atoms with Crippen molar-refractivity contribution in [3.8, 4) is 0 Å². The molecule has 1 N–H and O–H groups in total. The minimum absolute atomic E-state index is 0.181. The molecule has 0 spiro atoms. The fourth-order valence-corrected chi connectivity index (χ4v) is 3.96. The zero-order chi connectivity index (χ0) is 19.1. The van der Waals surface area contributed by atoms with Crippen LogP contribution >= 0.6 is 0 Å². The van der Waals surface area contributed by atoms with E-state index in [2.05, 4.69) is 46.7 Å². The lowest BCUT2D eigenvalue weighted by Gasteiger charge is -2.30. The molecule has 0 amide bonds. The lowest BCUT2D eigenvalue weighted by Crippen LogP contribution is -2.32. The highest BCUT2D eigenvalue weighted by molar-refractivity contribution is 5.82. The van der Waals surface area contributed by atoms with Crippen molar-refractivity contribution in [2.75, 3.05) is 0 Å². The van der Waals surface area contributed by atoms with Crippen LogP contribution < -0.4 is 5.32 Å². The summed E-state index contributed by atoms with van der Waals surface area (Å²) in [6.45, 7) is 4.93. The molecule has 4 rings (SSSR count). The van der Waals surface area contributed by atoms with Gasteiger partial charge in [0.1, 0.15) is 5.82 Å². The molecule has 1 aliphatic carbocycles. The summed E-state index contributed by atoms with van der Waals surface area (Å²) in [6, 6.07) is 18.1. The van der Waals surface area contributed by atoms with Crippen LogP contribution in [0.25, 0.3) is 10.9 Å². The molecule has 2 nitrogen and oxygen atoms in total. The number of fused-ring (bicyclic) bond motifs is 1. The molecule has 1 fully saturated rings. The summed E-state index contributed by atoms with van der Waals surface area (Å²) in [5.74, 6) is 0.321. The van der Waals surface area contributed by atoms with Gasteiger partial charge in [0.25, 0.3) is 0 Å². The Hall–Kier alpha value is -2.26. The monoisotopic (exact) mass is 364 g/mol. The predicted molar refractivity (Wildman–Crippen MR) is 111 cm³/mol. The maximum atomic E-state index is 13.7. The molecule has 0 saturated heterocycles. The third kappa shape index (κ3) is 4.92. The Kier molecular flexibility index (Phi) is 6.94. The van der Waals surface area contributed by atoms with Crippen molar-refractivity contribution in [2.45, 2.75) is 58.0 Å². The molecule has 1 aromatic heterocycles. The van der Waals surface area contributed by atoms with Gasteiger partial charge >= 0.3 is 0 Å². The van der Waals surface area contributed by atoms with Gasteiger partial charge in [-0.25, -0.2) is 4.39 Å². The van der Waals surface area contributed by atoms with Crippen molar-refractivity contribution in [1.82, 2.24) is 10.3 Å². The van der Waals surface area contributed by atoms with Crippen LogP contribution in [0.5, 0.6) is 0 Å². The van der Waals surface area contributed by atoms with Crippen LogP contribution in [-0.2, 0) is 6.54 Å². The number of aromatic nitrogens is 1. The molecule has 1 saturated carbocycles. The van der Waals surface area contributed by atoms with Crippen LogP contribution in [-0.4, -0.2) is 11.0 Å². The van der Waals surface area contributed by atoms with E-state index in [-0.39, 0.29) is 5.82 Å². The molecule has 2 aromatic carbocycles. The molecule has 1 aliphatic rings. The molecule has 3 heteroatoms. The Labute approximate surface area is 161 Å². The number of hydrogen-bond donors (Lipinski definition) is 1. The van der Waals surface area contributed by atoms with E-state index in [1.807, 2.05) is 20.0 Å². The van der Waals surface area contributed by atoms with Crippen molar-refractivity contribution in [2.24, 2.45) is 0 Å². The van der Waals surface area contributed by atoms with Crippen LogP contribution in [0, 0.1) is 5.82 Å². The zero-order valence-electron chi connectivity index (χ0n) is 16.3. The van der Waals surface area contributed by atoms with E-state index in [1.54, 1.807) is 12.1 Å². The van der Waals surface area contributed by atoms with Gasteiger partial charge in [-0.05, 0) is 67.0 Å². The maximum Gasteiger partial charge on any atom is 0.123 e. The lowest BCUT2D eigenvalue weighted by atomic mass is 9.80. The molecule has 142 valence electrons. The second-order valence-corrected chi connectivity index (χ2v) is 6.98. The van der Waals surface area contributed by atoms with Crippen molar-refractivity contribution in [3.05, 3.63) is 77.7 Å². The number of halogens is 1. The topological polar surface area (TPSA) is 24.9 Å². The standard InChI is InChI=1S/C22H23FN2.C2H6/c23-18-8-11-22-21(14-18)20(12-13-24-22)17-6-9-19(10-7-17)25-15-16-4-2-1-3-5-16;1-2/h1-5,8,11-14,17,19,25H,6-7,9-10,15H2;1-2H3. The number of nitrogens with zero attached hydrogens (tertiary/aromatic N) is 1. The summed E-state index contributed by atoms with van der Waals surface area (Å²) in [5.41, 5.74) is 3.48. The van der Waals surface area contributed by atoms with Gasteiger partial charge < -0.3 is 5.32 Å². The molecule has 0 atom stereocenters. The van der Waals surface area contributed by atoms with Crippen molar-refractivity contribution < 1.29 is 4.39 Å².